The molecule has 0 aromatic heterocycles. The largest absolute Gasteiger partial charge is 0.501 e. The summed E-state index contributed by atoms with van der Waals surface area (Å²) in [6, 6.07) is 12.7. The number of azide groups is 1. The van der Waals surface area contributed by atoms with E-state index in [4.69, 9.17) is 15.1 Å². The molecule has 10 heteroatoms. The standard InChI is InChI=1S/C16H9N5O4S/c17-19-14-9-15(12-3-1-2-4-13(12)16(14)22)26(23,24)25-11-7-5-10(6-8-11)20-21-18/h1-9H/p+1. The Morgan fingerprint density at radius 1 is 1.08 bits per heavy atom. The van der Waals surface area contributed by atoms with Gasteiger partial charge in [-0.2, -0.15) is 8.42 Å². The average Bonchev–Trinajstić information content (AvgIpc) is 2.64. The fraction of sp³-hybridized carbons (Fsp3) is 0. The number of hydrogen-bond donors (Lipinski definition) is 1. The van der Waals surface area contributed by atoms with Gasteiger partial charge in [0.05, 0.1) is 6.07 Å². The van der Waals surface area contributed by atoms with Crippen LogP contribution < -0.4 is 4.18 Å². The van der Waals surface area contributed by atoms with Crippen LogP contribution in [0.15, 0.2) is 64.6 Å². The van der Waals surface area contributed by atoms with Gasteiger partial charge in [0, 0.05) is 21.4 Å². The molecule has 0 aliphatic rings. The Morgan fingerprint density at radius 2 is 1.73 bits per heavy atom. The third-order valence-corrected chi connectivity index (χ3v) is 4.83. The molecule has 0 bridgehead atoms. The number of hydrogen-bond acceptors (Lipinski definition) is 6. The van der Waals surface area contributed by atoms with Crippen molar-refractivity contribution in [3.8, 4) is 11.5 Å². The monoisotopic (exact) mass is 368 g/mol. The number of phenolic OH excluding ortho intramolecular Hbond substituents is 1. The summed E-state index contributed by atoms with van der Waals surface area (Å²) in [5.41, 5.74) is 8.38. The summed E-state index contributed by atoms with van der Waals surface area (Å²) < 4.78 is 30.5. The Kier molecular flexibility index (Phi) is 4.33. The van der Waals surface area contributed by atoms with Gasteiger partial charge in [0.25, 0.3) is 0 Å². The van der Waals surface area contributed by atoms with Gasteiger partial charge in [0.2, 0.25) is 11.1 Å². The first kappa shape index (κ1) is 17.0. The molecule has 0 atom stereocenters. The lowest BCUT2D eigenvalue weighted by Gasteiger charge is -2.09. The third kappa shape index (κ3) is 3.08. The maximum absolute atomic E-state index is 12.7. The van der Waals surface area contributed by atoms with Gasteiger partial charge in [0.1, 0.15) is 10.6 Å². The van der Waals surface area contributed by atoms with Crippen LogP contribution in [0.25, 0.3) is 26.2 Å². The summed E-state index contributed by atoms with van der Waals surface area (Å²) in [7, 11) is -4.30. The van der Waals surface area contributed by atoms with Crippen LogP contribution in [-0.4, -0.2) is 13.5 Å². The molecule has 0 fully saturated rings. The van der Waals surface area contributed by atoms with Gasteiger partial charge in [-0.05, 0) is 29.8 Å². The summed E-state index contributed by atoms with van der Waals surface area (Å²) >= 11 is 0. The summed E-state index contributed by atoms with van der Waals surface area (Å²) in [6.45, 7) is 0. The molecule has 0 aliphatic carbocycles. The van der Waals surface area contributed by atoms with Crippen molar-refractivity contribution in [1.29, 1.82) is 5.39 Å². The zero-order valence-corrected chi connectivity index (χ0v) is 13.8. The Balaban J connectivity index is 2.11. The number of diazo groups is 1. The van der Waals surface area contributed by atoms with Crippen molar-refractivity contribution < 1.29 is 17.7 Å². The van der Waals surface area contributed by atoms with Gasteiger partial charge in [-0.3, -0.25) is 0 Å². The van der Waals surface area contributed by atoms with Gasteiger partial charge >= 0.3 is 15.8 Å². The van der Waals surface area contributed by atoms with E-state index < -0.39 is 10.1 Å². The van der Waals surface area contributed by atoms with Crippen LogP contribution in [0.1, 0.15) is 0 Å². The maximum Gasteiger partial charge on any atom is 0.428 e. The highest BCUT2D eigenvalue weighted by Crippen LogP contribution is 2.39. The molecule has 0 heterocycles. The summed E-state index contributed by atoms with van der Waals surface area (Å²) in [6.07, 6.45) is 0. The van der Waals surface area contributed by atoms with Crippen LogP contribution in [0.2, 0.25) is 0 Å². The lowest BCUT2D eigenvalue weighted by Crippen LogP contribution is -2.10. The molecule has 0 saturated heterocycles. The number of rotatable bonds is 4. The molecule has 1 N–H and O–H groups in total. The minimum absolute atomic E-state index is 0.00142. The molecule has 0 spiro atoms. The van der Waals surface area contributed by atoms with Gasteiger partial charge in [-0.1, -0.05) is 29.4 Å². The normalized spacial score (nSPS) is 10.7. The zero-order chi connectivity index (χ0) is 18.7. The highest BCUT2D eigenvalue weighted by Gasteiger charge is 2.28. The molecule has 3 aromatic carbocycles. The minimum atomic E-state index is -4.30. The van der Waals surface area contributed by atoms with E-state index in [9.17, 15) is 13.5 Å². The number of fused-ring (bicyclic) bond motifs is 1. The van der Waals surface area contributed by atoms with Gasteiger partial charge in [0.15, 0.2) is 4.98 Å². The Bertz CT molecular complexity index is 1190. The van der Waals surface area contributed by atoms with Crippen molar-refractivity contribution in [2.75, 3.05) is 0 Å². The van der Waals surface area contributed by atoms with E-state index in [1.807, 2.05) is 0 Å². The molecule has 0 saturated carbocycles. The van der Waals surface area contributed by atoms with E-state index in [2.05, 4.69) is 15.0 Å². The molecule has 9 nitrogen and oxygen atoms in total. The first-order valence-corrected chi connectivity index (χ1v) is 8.56. The van der Waals surface area contributed by atoms with Crippen molar-refractivity contribution in [2.45, 2.75) is 4.90 Å². The number of aromatic hydroxyl groups is 1. The highest BCUT2D eigenvalue weighted by atomic mass is 32.2. The first-order chi connectivity index (χ1) is 12.5. The third-order valence-electron chi connectivity index (χ3n) is 3.54. The van der Waals surface area contributed by atoms with Crippen molar-refractivity contribution in [1.82, 2.24) is 0 Å². The second-order valence-electron chi connectivity index (χ2n) is 5.11. The van der Waals surface area contributed by atoms with Crippen molar-refractivity contribution in [2.24, 2.45) is 5.11 Å². The second-order valence-corrected chi connectivity index (χ2v) is 6.62. The predicted octanol–water partition coefficient (Wildman–Crippen LogP) is 4.74. The number of nitrogens with zero attached hydrogens (tertiary/aromatic N) is 5. The molecule has 3 rings (SSSR count). The Hall–Kier alpha value is -3.80. The van der Waals surface area contributed by atoms with Crippen LogP contribution in [0.3, 0.4) is 0 Å². The quantitative estimate of drug-likeness (QED) is 0.233. The van der Waals surface area contributed by atoms with Crippen LogP contribution in [-0.2, 0) is 10.1 Å². The fourth-order valence-corrected chi connectivity index (χ4v) is 3.54. The van der Waals surface area contributed by atoms with E-state index in [1.54, 1.807) is 12.1 Å². The van der Waals surface area contributed by atoms with Crippen molar-refractivity contribution >= 4 is 32.3 Å². The molecule has 0 amide bonds. The van der Waals surface area contributed by atoms with Crippen LogP contribution in [0.4, 0.5) is 11.4 Å². The highest BCUT2D eigenvalue weighted by molar-refractivity contribution is 7.87. The molecular formula is C16H10N5O4S+. The predicted molar refractivity (Wildman–Crippen MR) is 93.4 cm³/mol. The van der Waals surface area contributed by atoms with Crippen molar-refractivity contribution in [3.63, 3.8) is 0 Å². The van der Waals surface area contributed by atoms with E-state index in [0.29, 0.717) is 5.69 Å². The molecule has 128 valence electrons. The van der Waals surface area contributed by atoms with Crippen LogP contribution >= 0.6 is 0 Å². The van der Waals surface area contributed by atoms with E-state index in [-0.39, 0.29) is 32.9 Å². The minimum Gasteiger partial charge on any atom is -0.501 e. The molecule has 3 aromatic rings. The van der Waals surface area contributed by atoms with Crippen molar-refractivity contribution in [3.05, 3.63) is 70.0 Å². The first-order valence-electron chi connectivity index (χ1n) is 7.16. The molecule has 0 unspecified atom stereocenters. The SMILES string of the molecule is N#[N+]c1cc(S(=O)(=O)Oc2ccc(N=[N+]=[N-])cc2)c2ccccc2c1O. The maximum atomic E-state index is 12.7. The van der Waals surface area contributed by atoms with E-state index in [1.165, 1.54) is 36.4 Å². The lowest BCUT2D eigenvalue weighted by molar-refractivity contribution is 0.482. The van der Waals surface area contributed by atoms with Gasteiger partial charge < -0.3 is 9.29 Å². The fourth-order valence-electron chi connectivity index (χ4n) is 2.39. The summed E-state index contributed by atoms with van der Waals surface area (Å²) in [4.78, 5) is 5.28. The van der Waals surface area contributed by atoms with Crippen LogP contribution in [0.5, 0.6) is 11.5 Å². The summed E-state index contributed by atoms with van der Waals surface area (Å²) in [5, 5.41) is 22.9. The van der Waals surface area contributed by atoms with Gasteiger partial charge in [-0.25, -0.2) is 0 Å². The topological polar surface area (TPSA) is 141 Å². The second kappa shape index (κ2) is 6.60. The average molecular weight is 368 g/mol. The molecule has 0 radical (unpaired) electrons. The molecular weight excluding hydrogens is 358 g/mol. The van der Waals surface area contributed by atoms with E-state index >= 15 is 0 Å². The number of phenols is 1. The zero-order valence-electron chi connectivity index (χ0n) is 13.0. The van der Waals surface area contributed by atoms with E-state index in [0.717, 1.165) is 6.07 Å². The lowest BCUT2D eigenvalue weighted by atomic mass is 10.1. The number of benzene rings is 3. The summed E-state index contributed by atoms with van der Waals surface area (Å²) in [5.74, 6) is -0.345. The van der Waals surface area contributed by atoms with Gasteiger partial charge in [-0.15, -0.1) is 0 Å². The Labute approximate surface area is 147 Å². The van der Waals surface area contributed by atoms with Crippen LogP contribution in [0, 0.1) is 5.39 Å². The Morgan fingerprint density at radius 3 is 2.35 bits per heavy atom. The smallest absolute Gasteiger partial charge is 0.428 e. The molecule has 0 aliphatic heterocycles. The molecule has 26 heavy (non-hydrogen) atoms.